The lowest BCUT2D eigenvalue weighted by Gasteiger charge is -2.16. The monoisotopic (exact) mass is 285 g/mol. The van der Waals surface area contributed by atoms with E-state index in [9.17, 15) is 4.39 Å². The Hall–Kier alpha value is -2.74. The van der Waals surface area contributed by atoms with Crippen LogP contribution in [0.4, 0.5) is 15.8 Å². The summed E-state index contributed by atoms with van der Waals surface area (Å²) in [6.45, 7) is 0.0542. The summed E-state index contributed by atoms with van der Waals surface area (Å²) in [5.41, 5.74) is 7.96. The molecule has 21 heavy (non-hydrogen) atoms. The van der Waals surface area contributed by atoms with E-state index in [1.54, 1.807) is 24.3 Å². The van der Waals surface area contributed by atoms with Crippen LogP contribution in [0.3, 0.4) is 0 Å². The van der Waals surface area contributed by atoms with Crippen LogP contribution in [0.25, 0.3) is 0 Å². The van der Waals surface area contributed by atoms with Crippen LogP contribution < -0.4 is 15.4 Å². The molecule has 108 valence electrons. The summed E-state index contributed by atoms with van der Waals surface area (Å²) in [5, 5.41) is 8.71. The Morgan fingerprint density at radius 3 is 2.62 bits per heavy atom. The van der Waals surface area contributed by atoms with E-state index >= 15 is 0 Å². The number of hydrogen-bond acceptors (Lipinski definition) is 4. The van der Waals surface area contributed by atoms with E-state index in [0.29, 0.717) is 17.0 Å². The van der Waals surface area contributed by atoms with Gasteiger partial charge in [0.25, 0.3) is 0 Å². The SMILES string of the molecule is CN(C)c1ccc(N)c(OCc2ccc(C#N)cc2F)c1. The van der Waals surface area contributed by atoms with Crippen molar-refractivity contribution in [2.45, 2.75) is 6.61 Å². The Bertz CT molecular complexity index is 692. The highest BCUT2D eigenvalue weighted by molar-refractivity contribution is 5.61. The maximum atomic E-state index is 13.8. The van der Waals surface area contributed by atoms with Crippen LogP contribution in [0.15, 0.2) is 36.4 Å². The molecule has 0 saturated carbocycles. The average Bonchev–Trinajstić information content (AvgIpc) is 2.47. The molecule has 0 fully saturated rings. The van der Waals surface area contributed by atoms with Gasteiger partial charge in [0.1, 0.15) is 18.2 Å². The van der Waals surface area contributed by atoms with Gasteiger partial charge >= 0.3 is 0 Å². The number of nitrogens with two attached hydrogens (primary N) is 1. The zero-order valence-electron chi connectivity index (χ0n) is 11.9. The quantitative estimate of drug-likeness (QED) is 0.877. The van der Waals surface area contributed by atoms with Gasteiger partial charge in [0.2, 0.25) is 0 Å². The second-order valence-corrected chi connectivity index (χ2v) is 4.82. The first kappa shape index (κ1) is 14.7. The number of nitrogens with zero attached hydrogens (tertiary/aromatic N) is 2. The molecule has 0 bridgehead atoms. The summed E-state index contributed by atoms with van der Waals surface area (Å²) in [5.74, 6) is 0.0429. The smallest absolute Gasteiger partial charge is 0.144 e. The van der Waals surface area contributed by atoms with Gasteiger partial charge in [-0.15, -0.1) is 0 Å². The molecule has 0 amide bonds. The van der Waals surface area contributed by atoms with Crippen LogP contribution >= 0.6 is 0 Å². The molecule has 0 atom stereocenters. The molecule has 0 aliphatic heterocycles. The second kappa shape index (κ2) is 6.14. The van der Waals surface area contributed by atoms with Gasteiger partial charge in [-0.05, 0) is 24.3 Å². The molecule has 2 aromatic rings. The second-order valence-electron chi connectivity index (χ2n) is 4.82. The lowest BCUT2D eigenvalue weighted by molar-refractivity contribution is 0.301. The number of halogens is 1. The van der Waals surface area contributed by atoms with Gasteiger partial charge in [-0.3, -0.25) is 0 Å². The van der Waals surface area contributed by atoms with E-state index in [2.05, 4.69) is 0 Å². The fraction of sp³-hybridized carbons (Fsp3) is 0.188. The fourth-order valence-electron chi connectivity index (χ4n) is 1.82. The van der Waals surface area contributed by atoms with E-state index in [1.807, 2.05) is 31.1 Å². The summed E-state index contributed by atoms with van der Waals surface area (Å²) < 4.78 is 19.4. The van der Waals surface area contributed by atoms with E-state index in [-0.39, 0.29) is 12.2 Å². The Morgan fingerprint density at radius 2 is 2.00 bits per heavy atom. The van der Waals surface area contributed by atoms with Crippen molar-refractivity contribution >= 4 is 11.4 Å². The van der Waals surface area contributed by atoms with Crippen LogP contribution in [-0.2, 0) is 6.61 Å². The number of ether oxygens (including phenoxy) is 1. The number of benzene rings is 2. The van der Waals surface area contributed by atoms with E-state index in [1.165, 1.54) is 6.07 Å². The van der Waals surface area contributed by atoms with Gasteiger partial charge in [-0.2, -0.15) is 5.26 Å². The molecule has 0 aliphatic rings. The molecule has 0 radical (unpaired) electrons. The van der Waals surface area contributed by atoms with E-state index < -0.39 is 5.82 Å². The Morgan fingerprint density at radius 1 is 1.24 bits per heavy atom. The van der Waals surface area contributed by atoms with Gasteiger partial charge in [0.05, 0.1) is 17.3 Å². The number of rotatable bonds is 4. The Labute approximate surface area is 123 Å². The molecule has 0 saturated heterocycles. The van der Waals surface area contributed by atoms with Crippen LogP contribution in [0, 0.1) is 17.1 Å². The van der Waals surface area contributed by atoms with Crippen LogP contribution in [0.5, 0.6) is 5.75 Å². The molecular weight excluding hydrogens is 269 g/mol. The summed E-state index contributed by atoms with van der Waals surface area (Å²) >= 11 is 0. The summed E-state index contributed by atoms with van der Waals surface area (Å²) in [6, 6.07) is 11.6. The summed E-state index contributed by atoms with van der Waals surface area (Å²) in [4.78, 5) is 1.93. The van der Waals surface area contributed by atoms with Crippen molar-refractivity contribution in [3.8, 4) is 11.8 Å². The highest BCUT2D eigenvalue weighted by Gasteiger charge is 2.08. The van der Waals surface area contributed by atoms with Gasteiger partial charge < -0.3 is 15.4 Å². The first-order valence-corrected chi connectivity index (χ1v) is 6.39. The summed E-state index contributed by atoms with van der Waals surface area (Å²) in [7, 11) is 3.82. The predicted octanol–water partition coefficient (Wildman–Crippen LogP) is 2.92. The van der Waals surface area contributed by atoms with Crippen molar-refractivity contribution in [3.63, 3.8) is 0 Å². The van der Waals surface area contributed by atoms with Crippen LogP contribution in [0.1, 0.15) is 11.1 Å². The van der Waals surface area contributed by atoms with Crippen LogP contribution in [-0.4, -0.2) is 14.1 Å². The number of hydrogen-bond donors (Lipinski definition) is 1. The molecule has 5 heteroatoms. The van der Waals surface area contributed by atoms with Crippen molar-refractivity contribution in [2.75, 3.05) is 24.7 Å². The molecule has 0 unspecified atom stereocenters. The van der Waals surface area contributed by atoms with E-state index in [4.69, 9.17) is 15.7 Å². The standard InChI is InChI=1S/C16H16FN3O/c1-20(2)13-5-6-15(19)16(8-13)21-10-12-4-3-11(9-18)7-14(12)17/h3-8H,10,19H2,1-2H3. The molecule has 2 rings (SSSR count). The fourth-order valence-corrected chi connectivity index (χ4v) is 1.82. The van der Waals surface area contributed by atoms with Gasteiger partial charge in [0.15, 0.2) is 0 Å². The van der Waals surface area contributed by atoms with Crippen molar-refractivity contribution in [2.24, 2.45) is 0 Å². The van der Waals surface area contributed by atoms with Gasteiger partial charge in [-0.25, -0.2) is 4.39 Å². The highest BCUT2D eigenvalue weighted by atomic mass is 19.1. The van der Waals surface area contributed by atoms with Crippen molar-refractivity contribution in [1.82, 2.24) is 0 Å². The number of nitriles is 1. The molecule has 0 aromatic heterocycles. The molecule has 0 aliphatic carbocycles. The van der Waals surface area contributed by atoms with Gasteiger partial charge in [0, 0.05) is 31.4 Å². The number of nitrogen functional groups attached to an aromatic ring is 1. The normalized spacial score (nSPS) is 10.0. The highest BCUT2D eigenvalue weighted by Crippen LogP contribution is 2.27. The maximum absolute atomic E-state index is 13.8. The first-order chi connectivity index (χ1) is 10.0. The Kier molecular flexibility index (Phi) is 4.29. The average molecular weight is 285 g/mol. The molecule has 2 N–H and O–H groups in total. The minimum atomic E-state index is -0.462. The van der Waals surface area contributed by atoms with Crippen LogP contribution in [0.2, 0.25) is 0 Å². The lowest BCUT2D eigenvalue weighted by Crippen LogP contribution is -2.09. The number of anilines is 2. The third-order valence-corrected chi connectivity index (χ3v) is 3.08. The largest absolute Gasteiger partial charge is 0.487 e. The van der Waals surface area contributed by atoms with Crippen molar-refractivity contribution in [1.29, 1.82) is 5.26 Å². The third kappa shape index (κ3) is 3.42. The molecule has 0 spiro atoms. The van der Waals surface area contributed by atoms with Gasteiger partial charge in [-0.1, -0.05) is 6.07 Å². The van der Waals surface area contributed by atoms with Crippen molar-refractivity contribution < 1.29 is 9.13 Å². The topological polar surface area (TPSA) is 62.3 Å². The molecule has 2 aromatic carbocycles. The summed E-state index contributed by atoms with van der Waals surface area (Å²) in [6.07, 6.45) is 0. The maximum Gasteiger partial charge on any atom is 0.144 e. The lowest BCUT2D eigenvalue weighted by atomic mass is 10.1. The third-order valence-electron chi connectivity index (χ3n) is 3.08. The zero-order chi connectivity index (χ0) is 15.4. The molecule has 4 nitrogen and oxygen atoms in total. The predicted molar refractivity (Wildman–Crippen MR) is 80.6 cm³/mol. The molecule has 0 heterocycles. The zero-order valence-corrected chi connectivity index (χ0v) is 11.9. The molecular formula is C16H16FN3O. The minimum Gasteiger partial charge on any atom is -0.487 e. The Balaban J connectivity index is 2.17. The van der Waals surface area contributed by atoms with E-state index in [0.717, 1.165) is 5.69 Å². The van der Waals surface area contributed by atoms with Crippen molar-refractivity contribution in [3.05, 3.63) is 53.3 Å². The minimum absolute atomic E-state index is 0.0542. The first-order valence-electron chi connectivity index (χ1n) is 6.39.